The van der Waals surface area contributed by atoms with Crippen molar-refractivity contribution >= 4 is 23.4 Å². The predicted octanol–water partition coefficient (Wildman–Crippen LogP) is 4.09. The van der Waals surface area contributed by atoms with Crippen LogP contribution in [0.1, 0.15) is 6.92 Å². The number of para-hydroxylation sites is 1. The molecule has 1 N–H and O–H groups in total. The third kappa shape index (κ3) is 3.98. The highest BCUT2D eigenvalue weighted by molar-refractivity contribution is 8.00. The third-order valence-corrected chi connectivity index (χ3v) is 4.09. The van der Waals surface area contributed by atoms with Gasteiger partial charge in [-0.1, -0.05) is 12.1 Å². The number of anilines is 1. The Morgan fingerprint density at radius 3 is 2.59 bits per heavy atom. The number of methoxy groups -OCH3 is 1. The number of hydrogen-bond donors (Lipinski definition) is 1. The van der Waals surface area contributed by atoms with Gasteiger partial charge < -0.3 is 10.1 Å². The molecule has 22 heavy (non-hydrogen) atoms. The molecule has 0 heterocycles. The second-order valence-corrected chi connectivity index (χ2v) is 5.91. The summed E-state index contributed by atoms with van der Waals surface area (Å²) in [4.78, 5) is 13.0. The van der Waals surface area contributed by atoms with Crippen molar-refractivity contribution in [1.82, 2.24) is 0 Å². The molecular formula is C16H15F2NO2S. The van der Waals surface area contributed by atoms with E-state index in [-0.39, 0.29) is 11.6 Å². The standard InChI is InChI=1S/C16H15F2NO2S/c1-10(22-15-6-4-3-5-14(15)21-2)16(20)19-11-7-8-12(17)13(18)9-11/h3-10H,1-2H3,(H,19,20). The Morgan fingerprint density at radius 2 is 1.91 bits per heavy atom. The molecule has 0 fully saturated rings. The number of benzene rings is 2. The van der Waals surface area contributed by atoms with Gasteiger partial charge in [-0.05, 0) is 31.2 Å². The van der Waals surface area contributed by atoms with Crippen LogP contribution in [0.25, 0.3) is 0 Å². The highest BCUT2D eigenvalue weighted by atomic mass is 32.2. The van der Waals surface area contributed by atoms with Gasteiger partial charge in [-0.3, -0.25) is 4.79 Å². The van der Waals surface area contributed by atoms with Gasteiger partial charge in [0.1, 0.15) is 5.75 Å². The quantitative estimate of drug-likeness (QED) is 0.842. The summed E-state index contributed by atoms with van der Waals surface area (Å²) in [6.07, 6.45) is 0. The zero-order valence-electron chi connectivity index (χ0n) is 12.1. The second-order valence-electron chi connectivity index (χ2n) is 4.53. The number of amides is 1. The molecule has 1 atom stereocenters. The second kappa shape index (κ2) is 7.26. The molecule has 0 aliphatic rings. The van der Waals surface area contributed by atoms with E-state index in [0.29, 0.717) is 5.75 Å². The van der Waals surface area contributed by atoms with Crippen LogP contribution in [0.3, 0.4) is 0 Å². The van der Waals surface area contributed by atoms with Crippen LogP contribution in [0.4, 0.5) is 14.5 Å². The van der Waals surface area contributed by atoms with E-state index in [9.17, 15) is 13.6 Å². The summed E-state index contributed by atoms with van der Waals surface area (Å²) >= 11 is 1.32. The summed E-state index contributed by atoms with van der Waals surface area (Å²) in [7, 11) is 1.56. The molecule has 116 valence electrons. The molecule has 1 amide bonds. The number of thioether (sulfide) groups is 1. The number of carbonyl (C=O) groups is 1. The average Bonchev–Trinajstić information content (AvgIpc) is 2.51. The third-order valence-electron chi connectivity index (χ3n) is 2.93. The number of rotatable bonds is 5. The highest BCUT2D eigenvalue weighted by Gasteiger charge is 2.17. The Labute approximate surface area is 131 Å². The van der Waals surface area contributed by atoms with Gasteiger partial charge in [0.25, 0.3) is 0 Å². The van der Waals surface area contributed by atoms with E-state index >= 15 is 0 Å². The zero-order valence-corrected chi connectivity index (χ0v) is 12.9. The van der Waals surface area contributed by atoms with Gasteiger partial charge in [0.15, 0.2) is 11.6 Å². The maximum absolute atomic E-state index is 13.1. The lowest BCUT2D eigenvalue weighted by Gasteiger charge is -2.14. The van der Waals surface area contributed by atoms with Crippen molar-refractivity contribution in [2.75, 3.05) is 12.4 Å². The van der Waals surface area contributed by atoms with Crippen molar-refractivity contribution in [1.29, 1.82) is 0 Å². The average molecular weight is 323 g/mol. The van der Waals surface area contributed by atoms with E-state index in [1.54, 1.807) is 14.0 Å². The van der Waals surface area contributed by atoms with Crippen LogP contribution < -0.4 is 10.1 Å². The van der Waals surface area contributed by atoms with E-state index in [2.05, 4.69) is 5.32 Å². The van der Waals surface area contributed by atoms with Crippen LogP contribution in [0.5, 0.6) is 5.75 Å². The van der Waals surface area contributed by atoms with Crippen LogP contribution in [0, 0.1) is 11.6 Å². The van der Waals surface area contributed by atoms with Crippen LogP contribution in [-0.4, -0.2) is 18.3 Å². The fourth-order valence-electron chi connectivity index (χ4n) is 1.78. The number of halogens is 2. The first-order valence-electron chi connectivity index (χ1n) is 6.57. The largest absolute Gasteiger partial charge is 0.496 e. The molecule has 0 aliphatic carbocycles. The van der Waals surface area contributed by atoms with Crippen molar-refractivity contribution in [2.24, 2.45) is 0 Å². The van der Waals surface area contributed by atoms with Crippen LogP contribution >= 0.6 is 11.8 Å². The van der Waals surface area contributed by atoms with Crippen LogP contribution in [-0.2, 0) is 4.79 Å². The van der Waals surface area contributed by atoms with Crippen molar-refractivity contribution in [3.63, 3.8) is 0 Å². The van der Waals surface area contributed by atoms with E-state index in [1.165, 1.54) is 17.8 Å². The van der Waals surface area contributed by atoms with Gasteiger partial charge in [-0.2, -0.15) is 0 Å². The topological polar surface area (TPSA) is 38.3 Å². The van der Waals surface area contributed by atoms with E-state index < -0.39 is 16.9 Å². The summed E-state index contributed by atoms with van der Waals surface area (Å²) in [5.41, 5.74) is 0.219. The summed E-state index contributed by atoms with van der Waals surface area (Å²) in [6.45, 7) is 1.73. The number of hydrogen-bond acceptors (Lipinski definition) is 3. The molecule has 0 saturated heterocycles. The summed E-state index contributed by atoms with van der Waals surface area (Å²) < 4.78 is 31.2. The fourth-order valence-corrected chi connectivity index (χ4v) is 2.75. The first-order valence-corrected chi connectivity index (χ1v) is 7.45. The molecule has 6 heteroatoms. The minimum Gasteiger partial charge on any atom is -0.496 e. The number of carbonyl (C=O) groups excluding carboxylic acids is 1. The van der Waals surface area contributed by atoms with Crippen LogP contribution in [0.2, 0.25) is 0 Å². The SMILES string of the molecule is COc1ccccc1SC(C)C(=O)Nc1ccc(F)c(F)c1. The maximum Gasteiger partial charge on any atom is 0.237 e. The van der Waals surface area contributed by atoms with Crippen molar-refractivity contribution < 1.29 is 18.3 Å². The molecule has 0 bridgehead atoms. The fraction of sp³-hybridized carbons (Fsp3) is 0.188. The molecular weight excluding hydrogens is 308 g/mol. The van der Waals surface area contributed by atoms with E-state index in [1.807, 2.05) is 24.3 Å². The van der Waals surface area contributed by atoms with Gasteiger partial charge in [-0.25, -0.2) is 8.78 Å². The van der Waals surface area contributed by atoms with Gasteiger partial charge in [0.05, 0.1) is 17.3 Å². The normalized spacial score (nSPS) is 11.8. The van der Waals surface area contributed by atoms with Gasteiger partial charge in [0, 0.05) is 11.8 Å². The Bertz CT molecular complexity index is 679. The molecule has 0 aromatic heterocycles. The summed E-state index contributed by atoms with van der Waals surface area (Å²) in [6, 6.07) is 10.6. The first-order chi connectivity index (χ1) is 10.5. The molecule has 0 aliphatic heterocycles. The zero-order chi connectivity index (χ0) is 16.1. The lowest BCUT2D eigenvalue weighted by Crippen LogP contribution is -2.22. The Balaban J connectivity index is 2.04. The molecule has 3 nitrogen and oxygen atoms in total. The van der Waals surface area contributed by atoms with Crippen molar-refractivity contribution in [3.05, 3.63) is 54.1 Å². The molecule has 0 spiro atoms. The maximum atomic E-state index is 13.1. The lowest BCUT2D eigenvalue weighted by atomic mass is 10.3. The number of nitrogens with one attached hydrogen (secondary N) is 1. The molecule has 0 radical (unpaired) electrons. The van der Waals surface area contributed by atoms with Crippen molar-refractivity contribution in [3.8, 4) is 5.75 Å². The predicted molar refractivity (Wildman–Crippen MR) is 83.3 cm³/mol. The van der Waals surface area contributed by atoms with E-state index in [0.717, 1.165) is 17.0 Å². The Morgan fingerprint density at radius 1 is 1.18 bits per heavy atom. The monoisotopic (exact) mass is 323 g/mol. The Kier molecular flexibility index (Phi) is 5.38. The molecule has 0 saturated carbocycles. The van der Waals surface area contributed by atoms with Crippen molar-refractivity contribution in [2.45, 2.75) is 17.1 Å². The van der Waals surface area contributed by atoms with Gasteiger partial charge >= 0.3 is 0 Å². The van der Waals surface area contributed by atoms with Crippen LogP contribution in [0.15, 0.2) is 47.4 Å². The highest BCUT2D eigenvalue weighted by Crippen LogP contribution is 2.32. The first kappa shape index (κ1) is 16.3. The molecule has 2 aromatic rings. The Hall–Kier alpha value is -2.08. The molecule has 2 rings (SSSR count). The minimum absolute atomic E-state index is 0.219. The molecule has 2 aromatic carbocycles. The smallest absolute Gasteiger partial charge is 0.237 e. The molecule has 1 unspecified atom stereocenters. The lowest BCUT2D eigenvalue weighted by molar-refractivity contribution is -0.115. The van der Waals surface area contributed by atoms with E-state index in [4.69, 9.17) is 4.74 Å². The minimum atomic E-state index is -0.997. The number of ether oxygens (including phenoxy) is 1. The summed E-state index contributed by atoms with van der Waals surface area (Å²) in [5.74, 6) is -1.57. The summed E-state index contributed by atoms with van der Waals surface area (Å²) in [5, 5.41) is 2.13. The van der Waals surface area contributed by atoms with Gasteiger partial charge in [-0.15, -0.1) is 11.8 Å². The van der Waals surface area contributed by atoms with Gasteiger partial charge in [0.2, 0.25) is 5.91 Å².